The third kappa shape index (κ3) is 8.94. The molecule has 18 nitrogen and oxygen atoms in total. The Bertz CT molecular complexity index is 2180. The predicted molar refractivity (Wildman–Crippen MR) is 149 cm³/mol. The summed E-state index contributed by atoms with van der Waals surface area (Å²) in [5, 5.41) is 10.8. The van der Waals surface area contributed by atoms with Crippen molar-refractivity contribution >= 4 is 78.4 Å². The van der Waals surface area contributed by atoms with Gasteiger partial charge < -0.3 is 5.32 Å². The summed E-state index contributed by atoms with van der Waals surface area (Å²) < 4.78 is 159. The Kier molecular flexibility index (Phi) is 9.67. The van der Waals surface area contributed by atoms with Crippen molar-refractivity contribution < 1.29 is 64.5 Å². The molecule has 3 rings (SSSR count). The van der Waals surface area contributed by atoms with Crippen molar-refractivity contribution in [2.75, 3.05) is 23.6 Å². The van der Waals surface area contributed by atoms with Gasteiger partial charge in [-0.2, -0.15) is 33.7 Å². The molecule has 0 aromatic heterocycles. The first kappa shape index (κ1) is 34.4. The van der Waals surface area contributed by atoms with E-state index in [-0.39, 0.29) is 17.4 Å². The summed E-state index contributed by atoms with van der Waals surface area (Å²) in [4.78, 5) is -4.18. The van der Waals surface area contributed by atoms with Crippen LogP contribution in [0.1, 0.15) is 5.56 Å². The Morgan fingerprint density at radius 3 is 1.93 bits per heavy atom. The summed E-state index contributed by atoms with van der Waals surface area (Å²) in [6.07, 6.45) is 0. The molecule has 3 aromatic carbocycles. The molecule has 0 saturated heterocycles. The fourth-order valence-electron chi connectivity index (χ4n) is 3.64. The first-order valence-electron chi connectivity index (χ1n) is 11.1. The van der Waals surface area contributed by atoms with E-state index < -0.39 is 89.2 Å². The zero-order valence-electron chi connectivity index (χ0n) is 21.4. The van der Waals surface area contributed by atoms with Gasteiger partial charge in [0.15, 0.2) is 9.84 Å². The Balaban J connectivity index is 2.32. The van der Waals surface area contributed by atoms with Crippen molar-refractivity contribution in [3.63, 3.8) is 0 Å². The Hall–Kier alpha value is -3.13. The van der Waals surface area contributed by atoms with Crippen LogP contribution in [0.5, 0.6) is 0 Å². The maximum absolute atomic E-state index is 12.9. The van der Waals surface area contributed by atoms with E-state index in [9.17, 15) is 51.2 Å². The first-order valence-corrected chi connectivity index (χ1v) is 18.6. The van der Waals surface area contributed by atoms with Gasteiger partial charge in [0, 0.05) is 5.39 Å². The van der Waals surface area contributed by atoms with E-state index in [1.54, 1.807) is 25.1 Å². The lowest BCUT2D eigenvalue weighted by Gasteiger charge is -2.13. The molecule has 0 aliphatic heterocycles. The molecule has 0 radical (unpaired) electrons. The van der Waals surface area contributed by atoms with Crippen LogP contribution in [0.4, 0.5) is 17.1 Å². The zero-order valence-corrected chi connectivity index (χ0v) is 25.5. The van der Waals surface area contributed by atoms with E-state index >= 15 is 0 Å². The van der Waals surface area contributed by atoms with Crippen molar-refractivity contribution in [2.45, 2.75) is 21.6 Å². The molecule has 23 heteroatoms. The fraction of sp³-hybridized carbons (Fsp3) is 0.200. The van der Waals surface area contributed by atoms with E-state index in [1.807, 2.05) is 0 Å². The average Bonchev–Trinajstić information content (AvgIpc) is 2.83. The number of nitrogens with zero attached hydrogens (tertiary/aromatic N) is 2. The summed E-state index contributed by atoms with van der Waals surface area (Å²) in [6.45, 7) is 0.475. The van der Waals surface area contributed by atoms with Gasteiger partial charge in [-0.3, -0.25) is 18.2 Å². The van der Waals surface area contributed by atoms with Gasteiger partial charge in [-0.25, -0.2) is 12.6 Å². The van der Waals surface area contributed by atoms with E-state index in [4.69, 9.17) is 9.11 Å². The summed E-state index contributed by atoms with van der Waals surface area (Å²) in [6, 6.07) is 8.06. The van der Waals surface area contributed by atoms with Gasteiger partial charge in [-0.1, -0.05) is 24.3 Å². The first-order chi connectivity index (χ1) is 19.5. The second kappa shape index (κ2) is 12.1. The largest absolute Gasteiger partial charge is 0.397 e. The lowest BCUT2D eigenvalue weighted by Crippen LogP contribution is -2.18. The molecule has 0 saturated carbocycles. The van der Waals surface area contributed by atoms with E-state index in [0.29, 0.717) is 22.4 Å². The SMILES string of the molecule is Cc1cccc2c(N=Nc3cc(S(=O)(=O)CCOS(=O)(=O)O)c(S(=O)(=O)O)cc3S(=O)(=O)O)c(NCS(=O)(=O)O)ccc12. The second-order valence-electron chi connectivity index (χ2n) is 8.52. The maximum Gasteiger partial charge on any atom is 0.397 e. The minimum absolute atomic E-state index is 0.0697. The van der Waals surface area contributed by atoms with Gasteiger partial charge in [-0.05, 0) is 36.1 Å². The number of hydrogen-bond acceptors (Lipinski definition) is 14. The lowest BCUT2D eigenvalue weighted by atomic mass is 10.0. The Labute approximate surface area is 245 Å². The maximum atomic E-state index is 12.9. The van der Waals surface area contributed by atoms with Crippen molar-refractivity contribution in [1.29, 1.82) is 0 Å². The van der Waals surface area contributed by atoms with Crippen molar-refractivity contribution in [1.82, 2.24) is 0 Å². The van der Waals surface area contributed by atoms with Crippen LogP contribution >= 0.6 is 0 Å². The van der Waals surface area contributed by atoms with Gasteiger partial charge >= 0.3 is 10.4 Å². The van der Waals surface area contributed by atoms with Gasteiger partial charge in [0.25, 0.3) is 30.4 Å². The molecule has 0 bridgehead atoms. The molecular weight excluding hydrogens is 683 g/mol. The summed E-state index contributed by atoms with van der Waals surface area (Å²) >= 11 is 0. The number of azo groups is 1. The lowest BCUT2D eigenvalue weighted by molar-refractivity contribution is 0.283. The minimum atomic E-state index is -5.52. The van der Waals surface area contributed by atoms with Gasteiger partial charge in [0.1, 0.15) is 27.0 Å². The fourth-order valence-corrected chi connectivity index (χ4v) is 7.54. The highest BCUT2D eigenvalue weighted by Gasteiger charge is 2.31. The zero-order chi connectivity index (χ0) is 32.6. The highest BCUT2D eigenvalue weighted by molar-refractivity contribution is 7.93. The quantitative estimate of drug-likeness (QED) is 0.133. The predicted octanol–water partition coefficient (Wildman–Crippen LogP) is 1.91. The van der Waals surface area contributed by atoms with Crippen molar-refractivity contribution in [2.24, 2.45) is 10.2 Å². The van der Waals surface area contributed by atoms with E-state index in [0.717, 1.165) is 0 Å². The number of nitrogens with one attached hydrogen (secondary N) is 1. The molecule has 0 heterocycles. The van der Waals surface area contributed by atoms with Crippen molar-refractivity contribution in [3.8, 4) is 0 Å². The molecule has 236 valence electrons. The normalized spacial score (nSPS) is 13.5. The smallest absolute Gasteiger partial charge is 0.368 e. The van der Waals surface area contributed by atoms with Crippen LogP contribution < -0.4 is 5.32 Å². The van der Waals surface area contributed by atoms with E-state index in [1.165, 1.54) is 12.1 Å². The molecule has 0 atom stereocenters. The molecule has 43 heavy (non-hydrogen) atoms. The van der Waals surface area contributed by atoms with Gasteiger partial charge in [-0.15, -0.1) is 10.2 Å². The van der Waals surface area contributed by atoms with Gasteiger partial charge in [0.2, 0.25) is 0 Å². The topological polar surface area (TPSA) is 298 Å². The van der Waals surface area contributed by atoms with Gasteiger partial charge in [0.05, 0.1) is 22.9 Å². The number of fused-ring (bicyclic) bond motifs is 1. The number of aryl methyl sites for hydroxylation is 1. The van der Waals surface area contributed by atoms with Crippen LogP contribution in [0.3, 0.4) is 0 Å². The molecule has 0 aliphatic carbocycles. The summed E-state index contributed by atoms with van der Waals surface area (Å²) in [5.74, 6) is -2.32. The van der Waals surface area contributed by atoms with Crippen LogP contribution in [0, 0.1) is 6.92 Å². The third-order valence-corrected chi connectivity index (χ3v) is 10.0. The number of benzene rings is 3. The van der Waals surface area contributed by atoms with E-state index in [2.05, 4.69) is 19.7 Å². The summed E-state index contributed by atoms with van der Waals surface area (Å²) in [7, 11) is -25.6. The highest BCUT2D eigenvalue weighted by atomic mass is 32.3. The van der Waals surface area contributed by atoms with Crippen LogP contribution in [0.15, 0.2) is 67.4 Å². The second-order valence-corrected chi connectivity index (χ2v) is 15.9. The summed E-state index contributed by atoms with van der Waals surface area (Å²) in [5.41, 5.74) is -0.532. The number of sulfone groups is 1. The molecule has 0 amide bonds. The minimum Gasteiger partial charge on any atom is -0.368 e. The van der Waals surface area contributed by atoms with Crippen LogP contribution in [-0.2, 0) is 54.8 Å². The third-order valence-electron chi connectivity index (χ3n) is 5.45. The average molecular weight is 704 g/mol. The Morgan fingerprint density at radius 1 is 0.744 bits per heavy atom. The molecule has 5 N–H and O–H groups in total. The molecular formula is C20H21N3O15S5. The highest BCUT2D eigenvalue weighted by Crippen LogP contribution is 2.39. The number of anilines is 1. The van der Waals surface area contributed by atoms with Crippen LogP contribution in [0.2, 0.25) is 0 Å². The number of hydrogen-bond donors (Lipinski definition) is 5. The molecule has 0 spiro atoms. The molecule has 3 aromatic rings. The van der Waals surface area contributed by atoms with Crippen LogP contribution in [-0.4, -0.2) is 78.5 Å². The Morgan fingerprint density at radius 2 is 1.37 bits per heavy atom. The number of rotatable bonds is 12. The monoisotopic (exact) mass is 703 g/mol. The molecule has 0 fully saturated rings. The molecule has 0 unspecified atom stereocenters. The van der Waals surface area contributed by atoms with Crippen molar-refractivity contribution in [3.05, 3.63) is 48.0 Å². The molecule has 0 aliphatic rings. The van der Waals surface area contributed by atoms with Crippen LogP contribution in [0.25, 0.3) is 10.8 Å². The standard InChI is InChI=1S/C20H21N3O15S5/c1-12-3-2-4-14-13(12)5-6-15(21-11-40(26,27)28)20(14)23-22-16-9-18(39(24,25)8-7-38-43(35,36)37)19(42(32,33)34)10-17(16)41(29,30)31/h2-6,9-10,21H,7-8,11H2,1H3,(H,26,27,28)(H,29,30,31)(H,32,33,34)(H,35,36,37).